The Kier molecular flexibility index (Phi) is 12.4. The Morgan fingerprint density at radius 2 is 1.19 bits per heavy atom. The molecule has 7 nitrogen and oxygen atoms in total. The van der Waals surface area contributed by atoms with E-state index < -0.39 is 93.8 Å². The first-order valence-corrected chi connectivity index (χ1v) is 11.5. The summed E-state index contributed by atoms with van der Waals surface area (Å²) in [5, 5.41) is 9.32. The quantitative estimate of drug-likeness (QED) is 0.0884. The first-order valence-electron chi connectivity index (χ1n) is 10.0. The van der Waals surface area contributed by atoms with Crippen LogP contribution in [0.25, 0.3) is 0 Å². The minimum absolute atomic E-state index is 0.282. The van der Waals surface area contributed by atoms with Crippen molar-refractivity contribution < 1.29 is 108 Å². The number of carbonyl (C=O) groups excluding carboxylic acids is 1. The highest BCUT2D eigenvalue weighted by Gasteiger charge is 2.92. The van der Waals surface area contributed by atoms with Crippen LogP contribution in [0.5, 0.6) is 0 Å². The summed E-state index contributed by atoms with van der Waals surface area (Å²) in [7, 11) is -6.59. The molecule has 0 amide bonds. The first-order chi connectivity index (χ1) is 18.4. The predicted octanol–water partition coefficient (Wildman–Crippen LogP) is 5.65. The van der Waals surface area contributed by atoms with Gasteiger partial charge in [0.15, 0.2) is 6.17 Å². The number of halogens is 17. The fourth-order valence-electron chi connectivity index (χ4n) is 2.19. The van der Waals surface area contributed by atoms with Gasteiger partial charge in [0.2, 0.25) is 6.17 Å². The van der Waals surface area contributed by atoms with E-state index in [1.807, 2.05) is 0 Å². The van der Waals surface area contributed by atoms with Crippen molar-refractivity contribution in [1.29, 1.82) is 0 Å². The largest absolute Gasteiger partial charge is 0.475 e. The number of phosphoric acid groups is 1. The number of esters is 1. The minimum atomic E-state index is -8.65. The lowest BCUT2D eigenvalue weighted by Crippen LogP contribution is -2.73. The molecule has 25 heteroatoms. The second kappa shape index (κ2) is 13.0. The van der Waals surface area contributed by atoms with Crippen molar-refractivity contribution in [3.63, 3.8) is 0 Å². The van der Waals surface area contributed by atoms with Gasteiger partial charge in [-0.15, -0.1) is 0 Å². The van der Waals surface area contributed by atoms with Crippen LogP contribution in [0.3, 0.4) is 0 Å². The van der Waals surface area contributed by atoms with Crippen LogP contribution in [0.4, 0.5) is 74.6 Å². The summed E-state index contributed by atoms with van der Waals surface area (Å²) in [6.45, 7) is 1.30. The third kappa shape index (κ3) is 7.59. The molecule has 0 rings (SSSR count). The van der Waals surface area contributed by atoms with Crippen molar-refractivity contribution in [3.05, 3.63) is 12.2 Å². The van der Waals surface area contributed by atoms with Gasteiger partial charge in [-0.1, -0.05) is 6.58 Å². The van der Waals surface area contributed by atoms with Gasteiger partial charge in [-0.25, -0.2) is 35.8 Å². The molecule has 250 valence electrons. The van der Waals surface area contributed by atoms with Crippen LogP contribution in [-0.4, -0.2) is 95.9 Å². The Hall–Kier alpha value is -1.91. The maximum Gasteiger partial charge on any atom is 0.475 e. The van der Waals surface area contributed by atoms with Crippen molar-refractivity contribution in [2.45, 2.75) is 73.7 Å². The number of aliphatic hydroxyl groups excluding tert-OH is 1. The zero-order chi connectivity index (χ0) is 34.1. The molecular weight excluding hydrogens is 670 g/mol. The minimum Gasteiger partial charge on any atom is -0.460 e. The average molecular weight is 686 g/mol. The number of carbonyl (C=O) groups is 1. The molecule has 0 aromatic rings. The number of hydrogen-bond acceptors (Lipinski definition) is 6. The van der Waals surface area contributed by atoms with Crippen LogP contribution < -0.4 is 0 Å². The Bertz CT molecular complexity index is 1010. The van der Waals surface area contributed by atoms with E-state index in [0.29, 0.717) is 0 Å². The predicted molar refractivity (Wildman–Crippen MR) is 99.0 cm³/mol. The number of alkyl halides is 17. The number of aliphatic hydroxyl groups is 1. The maximum absolute atomic E-state index is 13.8. The van der Waals surface area contributed by atoms with Crippen molar-refractivity contribution in [2.75, 3.05) is 13.2 Å². The lowest BCUT2D eigenvalue weighted by Gasteiger charge is -2.42. The van der Waals surface area contributed by atoms with Crippen LogP contribution in [0.1, 0.15) is 6.92 Å². The lowest BCUT2D eigenvalue weighted by atomic mass is 9.89. The summed E-state index contributed by atoms with van der Waals surface area (Å²) in [6.07, 6.45) is -24.0. The Morgan fingerprint density at radius 3 is 1.57 bits per heavy atom. The molecule has 5 unspecified atom stereocenters. The Labute approximate surface area is 221 Å². The molecule has 0 saturated carbocycles. The molecule has 0 aliphatic rings. The van der Waals surface area contributed by atoms with Crippen molar-refractivity contribution >= 4 is 13.8 Å². The van der Waals surface area contributed by atoms with Gasteiger partial charge in [-0.2, -0.15) is 52.7 Å². The zero-order valence-corrected chi connectivity index (χ0v) is 20.7. The Morgan fingerprint density at radius 1 is 0.786 bits per heavy atom. The summed E-state index contributed by atoms with van der Waals surface area (Å²) < 4.78 is 250. The highest BCUT2D eigenvalue weighted by atomic mass is 31.2. The van der Waals surface area contributed by atoms with Gasteiger partial charge in [0.1, 0.15) is 12.7 Å². The van der Waals surface area contributed by atoms with Gasteiger partial charge in [-0.05, 0) is 6.92 Å². The first kappa shape index (κ1) is 40.1. The number of rotatable bonds is 17. The smallest absolute Gasteiger partial charge is 0.460 e. The van der Waals surface area contributed by atoms with E-state index in [1.54, 1.807) is 0 Å². The molecule has 0 spiro atoms. The van der Waals surface area contributed by atoms with E-state index in [9.17, 15) is 89.1 Å². The van der Waals surface area contributed by atoms with Crippen LogP contribution in [-0.2, 0) is 23.1 Å². The van der Waals surface area contributed by atoms with Gasteiger partial charge in [-0.3, -0.25) is 4.52 Å². The Balaban J connectivity index is 6.09. The normalized spacial score (nSPS) is 18.7. The van der Waals surface area contributed by atoms with Crippen LogP contribution in [0, 0.1) is 0 Å². The van der Waals surface area contributed by atoms with Crippen molar-refractivity contribution in [1.82, 2.24) is 0 Å². The van der Waals surface area contributed by atoms with Crippen molar-refractivity contribution in [2.24, 2.45) is 0 Å². The molecule has 0 bridgehead atoms. The summed E-state index contributed by atoms with van der Waals surface area (Å²) in [4.78, 5) is 20.1. The fourth-order valence-corrected chi connectivity index (χ4v) is 2.98. The average Bonchev–Trinajstić information content (AvgIpc) is 2.83. The number of hydrogen-bond donors (Lipinski definition) is 2. The molecule has 0 heterocycles. The molecule has 0 aromatic carbocycles. The van der Waals surface area contributed by atoms with Gasteiger partial charge >= 0.3 is 49.3 Å². The van der Waals surface area contributed by atoms with Crippen LogP contribution in [0.2, 0.25) is 0 Å². The maximum atomic E-state index is 13.8. The zero-order valence-electron chi connectivity index (χ0n) is 19.8. The monoisotopic (exact) mass is 686 g/mol. The van der Waals surface area contributed by atoms with Gasteiger partial charge < -0.3 is 14.7 Å². The van der Waals surface area contributed by atoms with E-state index in [2.05, 4.69) is 20.4 Å². The molecule has 0 fully saturated rings. The second-order valence-electron chi connectivity index (χ2n) is 7.94. The fraction of sp³-hybridized carbons (Fsp3) is 0.824. The number of phosphoric ester groups is 1. The summed E-state index contributed by atoms with van der Waals surface area (Å²) in [6, 6.07) is 0. The molecular formula is C17H16F17O7P. The van der Waals surface area contributed by atoms with Crippen LogP contribution in [0.15, 0.2) is 12.2 Å². The summed E-state index contributed by atoms with van der Waals surface area (Å²) in [5.41, 5.74) is -0.282. The SMILES string of the molecule is C=C(C)C(=O)OCC(O)COP(=O)(O)OC(F)C(F)(F)C(F)(F)C(F)(F)C(F)(F)C(F)(F)C(F)(F)C(F)C(F)C(F)F. The highest BCUT2D eigenvalue weighted by Crippen LogP contribution is 2.62. The third-order valence-corrected chi connectivity index (χ3v) is 5.51. The summed E-state index contributed by atoms with van der Waals surface area (Å²) >= 11 is 0. The molecule has 0 aromatic heterocycles. The molecule has 0 radical (unpaired) electrons. The highest BCUT2D eigenvalue weighted by molar-refractivity contribution is 7.47. The molecule has 0 aliphatic heterocycles. The van der Waals surface area contributed by atoms with E-state index in [-0.39, 0.29) is 5.57 Å². The van der Waals surface area contributed by atoms with Gasteiger partial charge in [0.05, 0.1) is 6.61 Å². The standard InChI is InChI=1S/C17H16F17O7P/c1-5(2)10(36)39-3-6(35)4-40-42(37,38)41-11(22)13(25,26)15(29,30)17(33,34)16(31,32)14(27,28)12(23,24)8(19)7(18)9(20)21/h6-9,11,35H,1,3-4H2,2H3,(H,37,38). The molecule has 0 aliphatic carbocycles. The third-order valence-electron chi connectivity index (χ3n) is 4.58. The van der Waals surface area contributed by atoms with E-state index >= 15 is 0 Å². The lowest BCUT2D eigenvalue weighted by molar-refractivity contribution is -0.439. The summed E-state index contributed by atoms with van der Waals surface area (Å²) in [5.74, 6) is -50.7. The van der Waals surface area contributed by atoms with E-state index in [0.717, 1.165) is 6.92 Å². The molecule has 5 atom stereocenters. The van der Waals surface area contributed by atoms with Crippen LogP contribution >= 0.6 is 7.82 Å². The van der Waals surface area contributed by atoms with E-state index in [1.165, 1.54) is 0 Å². The molecule has 2 N–H and O–H groups in total. The van der Waals surface area contributed by atoms with Gasteiger partial charge in [0.25, 0.3) is 12.8 Å². The number of ether oxygens (including phenoxy) is 1. The van der Waals surface area contributed by atoms with Gasteiger partial charge in [0, 0.05) is 5.57 Å². The topological polar surface area (TPSA) is 102 Å². The second-order valence-corrected chi connectivity index (χ2v) is 9.35. The molecule has 42 heavy (non-hydrogen) atoms. The van der Waals surface area contributed by atoms with Crippen molar-refractivity contribution in [3.8, 4) is 0 Å². The van der Waals surface area contributed by atoms with E-state index in [4.69, 9.17) is 4.89 Å². The molecule has 0 saturated heterocycles.